The maximum absolute atomic E-state index is 5.60. The van der Waals surface area contributed by atoms with E-state index in [-0.39, 0.29) is 0 Å². The first-order valence-corrected chi connectivity index (χ1v) is 7.57. The van der Waals surface area contributed by atoms with E-state index in [1.165, 1.54) is 11.1 Å². The monoisotopic (exact) mass is 348 g/mol. The number of rotatable bonds is 5. The highest BCUT2D eigenvalue weighted by Crippen LogP contribution is 2.18. The molecule has 0 unspecified atom stereocenters. The summed E-state index contributed by atoms with van der Waals surface area (Å²) >= 11 is 8.54. The zero-order chi connectivity index (χ0) is 14.5. The van der Waals surface area contributed by atoms with Crippen molar-refractivity contribution in [3.8, 4) is 0 Å². The van der Waals surface area contributed by atoms with E-state index in [9.17, 15) is 0 Å². The smallest absolute Gasteiger partial charge is 0.103 e. The minimum Gasteiger partial charge on any atom is -0.389 e. The highest BCUT2D eigenvalue weighted by atomic mass is 79.9. The fourth-order valence-corrected chi connectivity index (χ4v) is 2.61. The standard InChI is InChI=1S/C16H17BrN2S/c1-19(11-14-4-2-3-5-15(14)17)10-12-6-8-13(9-7-12)16(18)20/h2-9H,10-11H2,1H3,(H2,18,20). The summed E-state index contributed by atoms with van der Waals surface area (Å²) in [6, 6.07) is 16.4. The van der Waals surface area contributed by atoms with Crippen LogP contribution >= 0.6 is 28.1 Å². The summed E-state index contributed by atoms with van der Waals surface area (Å²) in [6.07, 6.45) is 0. The number of benzene rings is 2. The molecule has 0 atom stereocenters. The number of thiocarbonyl (C=S) groups is 1. The third-order valence-electron chi connectivity index (χ3n) is 3.09. The number of hydrogen-bond donors (Lipinski definition) is 1. The van der Waals surface area contributed by atoms with E-state index >= 15 is 0 Å². The number of nitrogens with zero attached hydrogens (tertiary/aromatic N) is 1. The summed E-state index contributed by atoms with van der Waals surface area (Å²) in [5.74, 6) is 0. The molecule has 2 nitrogen and oxygen atoms in total. The summed E-state index contributed by atoms with van der Waals surface area (Å²) in [4.78, 5) is 2.72. The van der Waals surface area contributed by atoms with E-state index in [1.54, 1.807) is 0 Å². The van der Waals surface area contributed by atoms with Crippen LogP contribution in [0.3, 0.4) is 0 Å². The molecule has 0 radical (unpaired) electrons. The Morgan fingerprint density at radius 3 is 2.35 bits per heavy atom. The molecule has 104 valence electrons. The Kier molecular flexibility index (Phi) is 5.29. The van der Waals surface area contributed by atoms with Gasteiger partial charge >= 0.3 is 0 Å². The van der Waals surface area contributed by atoms with Gasteiger partial charge in [0.2, 0.25) is 0 Å². The van der Waals surface area contributed by atoms with Crippen LogP contribution in [0.1, 0.15) is 16.7 Å². The predicted octanol–water partition coefficient (Wildman–Crippen LogP) is 3.72. The van der Waals surface area contributed by atoms with Crippen LogP contribution in [-0.2, 0) is 13.1 Å². The lowest BCUT2D eigenvalue weighted by atomic mass is 10.1. The second kappa shape index (κ2) is 6.97. The molecule has 20 heavy (non-hydrogen) atoms. The van der Waals surface area contributed by atoms with E-state index in [4.69, 9.17) is 18.0 Å². The van der Waals surface area contributed by atoms with Crippen LogP contribution in [0.2, 0.25) is 0 Å². The van der Waals surface area contributed by atoms with Gasteiger partial charge in [0, 0.05) is 23.1 Å². The summed E-state index contributed by atoms with van der Waals surface area (Å²) in [6.45, 7) is 1.79. The van der Waals surface area contributed by atoms with Crippen LogP contribution in [0, 0.1) is 0 Å². The second-order valence-corrected chi connectivity index (χ2v) is 6.12. The first-order valence-electron chi connectivity index (χ1n) is 6.37. The first kappa shape index (κ1) is 15.2. The number of hydrogen-bond acceptors (Lipinski definition) is 2. The SMILES string of the molecule is CN(Cc1ccc(C(N)=S)cc1)Cc1ccccc1Br. The van der Waals surface area contributed by atoms with Crippen molar-refractivity contribution in [1.29, 1.82) is 0 Å². The average molecular weight is 349 g/mol. The lowest BCUT2D eigenvalue weighted by molar-refractivity contribution is 0.318. The van der Waals surface area contributed by atoms with Crippen molar-refractivity contribution in [3.63, 3.8) is 0 Å². The number of nitrogens with two attached hydrogens (primary N) is 1. The Morgan fingerprint density at radius 1 is 1.10 bits per heavy atom. The molecular formula is C16H17BrN2S. The van der Waals surface area contributed by atoms with Crippen molar-refractivity contribution in [2.45, 2.75) is 13.1 Å². The first-order chi connectivity index (χ1) is 9.56. The number of halogens is 1. The maximum atomic E-state index is 5.60. The highest BCUT2D eigenvalue weighted by molar-refractivity contribution is 9.10. The zero-order valence-corrected chi connectivity index (χ0v) is 13.7. The average Bonchev–Trinajstić information content (AvgIpc) is 2.42. The van der Waals surface area contributed by atoms with Crippen molar-refractivity contribution >= 4 is 33.1 Å². The van der Waals surface area contributed by atoms with Crippen LogP contribution in [0.4, 0.5) is 0 Å². The van der Waals surface area contributed by atoms with E-state index in [0.29, 0.717) is 4.99 Å². The quantitative estimate of drug-likeness (QED) is 0.835. The van der Waals surface area contributed by atoms with Gasteiger partial charge in [-0.15, -0.1) is 0 Å². The van der Waals surface area contributed by atoms with Gasteiger partial charge in [-0.05, 0) is 24.2 Å². The van der Waals surface area contributed by atoms with Gasteiger partial charge in [-0.3, -0.25) is 4.90 Å². The molecule has 0 aliphatic rings. The van der Waals surface area contributed by atoms with Crippen molar-refractivity contribution in [2.75, 3.05) is 7.05 Å². The molecule has 0 aromatic heterocycles. The maximum Gasteiger partial charge on any atom is 0.103 e. The Morgan fingerprint density at radius 2 is 1.75 bits per heavy atom. The van der Waals surface area contributed by atoms with Crippen LogP contribution < -0.4 is 5.73 Å². The van der Waals surface area contributed by atoms with Crippen LogP contribution in [0.15, 0.2) is 53.0 Å². The molecule has 2 rings (SSSR count). The fourth-order valence-electron chi connectivity index (χ4n) is 2.06. The Hall–Kier alpha value is -1.23. The van der Waals surface area contributed by atoms with E-state index in [2.05, 4.69) is 58.2 Å². The summed E-state index contributed by atoms with van der Waals surface area (Å²) < 4.78 is 1.15. The molecule has 0 amide bonds. The molecule has 0 heterocycles. The molecule has 2 aromatic rings. The minimum atomic E-state index is 0.443. The van der Waals surface area contributed by atoms with Crippen LogP contribution in [0.5, 0.6) is 0 Å². The molecule has 0 aliphatic carbocycles. The zero-order valence-electron chi connectivity index (χ0n) is 11.3. The minimum absolute atomic E-state index is 0.443. The highest BCUT2D eigenvalue weighted by Gasteiger charge is 2.05. The van der Waals surface area contributed by atoms with Gasteiger partial charge in [0.1, 0.15) is 4.99 Å². The molecule has 2 aromatic carbocycles. The lowest BCUT2D eigenvalue weighted by Crippen LogP contribution is -2.17. The molecule has 0 bridgehead atoms. The van der Waals surface area contributed by atoms with Gasteiger partial charge in [-0.2, -0.15) is 0 Å². The second-order valence-electron chi connectivity index (χ2n) is 4.82. The molecule has 4 heteroatoms. The van der Waals surface area contributed by atoms with Crippen LogP contribution in [0.25, 0.3) is 0 Å². The molecule has 0 spiro atoms. The van der Waals surface area contributed by atoms with E-state index < -0.39 is 0 Å². The van der Waals surface area contributed by atoms with Gasteiger partial charge < -0.3 is 5.73 Å². The van der Waals surface area contributed by atoms with Gasteiger partial charge in [0.05, 0.1) is 0 Å². The van der Waals surface area contributed by atoms with Crippen molar-refractivity contribution in [3.05, 3.63) is 69.7 Å². The van der Waals surface area contributed by atoms with Crippen molar-refractivity contribution in [1.82, 2.24) is 4.90 Å². The Labute approximate surface area is 133 Å². The lowest BCUT2D eigenvalue weighted by Gasteiger charge is -2.18. The van der Waals surface area contributed by atoms with Crippen LogP contribution in [-0.4, -0.2) is 16.9 Å². The molecule has 0 aliphatic heterocycles. The summed E-state index contributed by atoms with van der Waals surface area (Å²) in [5, 5.41) is 0. The molecular weight excluding hydrogens is 332 g/mol. The third-order valence-corrected chi connectivity index (χ3v) is 4.10. The Bertz CT molecular complexity index is 596. The largest absolute Gasteiger partial charge is 0.389 e. The normalized spacial score (nSPS) is 10.8. The van der Waals surface area contributed by atoms with Gasteiger partial charge in [-0.1, -0.05) is 70.6 Å². The molecule has 0 fully saturated rings. The predicted molar refractivity (Wildman–Crippen MR) is 91.6 cm³/mol. The molecule has 0 saturated heterocycles. The van der Waals surface area contributed by atoms with Gasteiger partial charge in [0.15, 0.2) is 0 Å². The fraction of sp³-hybridized carbons (Fsp3) is 0.188. The third kappa shape index (κ3) is 4.13. The molecule has 2 N–H and O–H groups in total. The van der Waals surface area contributed by atoms with E-state index in [0.717, 1.165) is 23.1 Å². The molecule has 0 saturated carbocycles. The van der Waals surface area contributed by atoms with Gasteiger partial charge in [0.25, 0.3) is 0 Å². The summed E-state index contributed by atoms with van der Waals surface area (Å²) in [7, 11) is 2.11. The van der Waals surface area contributed by atoms with Crippen molar-refractivity contribution in [2.24, 2.45) is 5.73 Å². The Balaban J connectivity index is 1.99. The van der Waals surface area contributed by atoms with Crippen molar-refractivity contribution < 1.29 is 0 Å². The van der Waals surface area contributed by atoms with Gasteiger partial charge in [-0.25, -0.2) is 0 Å². The summed E-state index contributed by atoms with van der Waals surface area (Å²) in [5.41, 5.74) is 9.05. The van der Waals surface area contributed by atoms with E-state index in [1.807, 2.05) is 18.2 Å². The topological polar surface area (TPSA) is 29.3 Å².